The van der Waals surface area contributed by atoms with Crippen LogP contribution in [0.4, 0.5) is 0 Å². The van der Waals surface area contributed by atoms with Crippen molar-refractivity contribution in [2.75, 3.05) is 14.1 Å². The fourth-order valence-corrected chi connectivity index (χ4v) is 3.29. The second-order valence-corrected chi connectivity index (χ2v) is 6.12. The molecule has 2 atom stereocenters. The van der Waals surface area contributed by atoms with Gasteiger partial charge >= 0.3 is 0 Å². The van der Waals surface area contributed by atoms with Gasteiger partial charge in [0.1, 0.15) is 0 Å². The molecule has 0 bridgehead atoms. The Morgan fingerprint density at radius 3 is 3.00 bits per heavy atom. The van der Waals surface area contributed by atoms with Crippen LogP contribution >= 0.6 is 15.9 Å². The maximum atomic E-state index is 4.83. The van der Waals surface area contributed by atoms with Crippen LogP contribution in [-0.4, -0.2) is 36.8 Å². The van der Waals surface area contributed by atoms with Crippen molar-refractivity contribution in [3.63, 3.8) is 0 Å². The highest BCUT2D eigenvalue weighted by atomic mass is 79.9. The summed E-state index contributed by atoms with van der Waals surface area (Å²) >= 11 is 3.56. The molecule has 0 amide bonds. The molecule has 0 aromatic heterocycles. The summed E-state index contributed by atoms with van der Waals surface area (Å²) in [5.41, 5.74) is 4.27. The van der Waals surface area contributed by atoms with Gasteiger partial charge in [0.15, 0.2) is 0 Å². The van der Waals surface area contributed by atoms with Crippen LogP contribution < -0.4 is 0 Å². The molecule has 3 aliphatic rings. The van der Waals surface area contributed by atoms with E-state index in [0.717, 1.165) is 12.8 Å². The summed E-state index contributed by atoms with van der Waals surface area (Å²) in [6.45, 7) is 0. The Balaban J connectivity index is 1.95. The van der Waals surface area contributed by atoms with Crippen LogP contribution in [0, 0.1) is 0 Å². The van der Waals surface area contributed by atoms with Gasteiger partial charge < -0.3 is 4.90 Å². The number of fused-ring (bicyclic) bond motifs is 2. The molecule has 2 nitrogen and oxygen atoms in total. The lowest BCUT2D eigenvalue weighted by Crippen LogP contribution is -2.33. The van der Waals surface area contributed by atoms with E-state index in [4.69, 9.17) is 4.99 Å². The molecule has 0 saturated heterocycles. The monoisotopic (exact) mass is 292 g/mol. The largest absolute Gasteiger partial charge is 0.306 e. The van der Waals surface area contributed by atoms with E-state index >= 15 is 0 Å². The third-order valence-corrected chi connectivity index (χ3v) is 4.42. The third-order valence-electron chi connectivity index (χ3n) is 3.93. The van der Waals surface area contributed by atoms with Crippen molar-refractivity contribution in [2.24, 2.45) is 4.99 Å². The van der Waals surface area contributed by atoms with Crippen molar-refractivity contribution < 1.29 is 0 Å². The SMILES string of the molecule is CN(C)[C@H]1CCC2=N[C@@H]3C=CC(Br)=CC3=C2C1. The molecule has 1 saturated carbocycles. The van der Waals surface area contributed by atoms with Gasteiger partial charge in [0, 0.05) is 16.2 Å². The summed E-state index contributed by atoms with van der Waals surface area (Å²) in [7, 11) is 4.36. The van der Waals surface area contributed by atoms with Gasteiger partial charge in [-0.25, -0.2) is 0 Å². The minimum absolute atomic E-state index is 0.294. The van der Waals surface area contributed by atoms with Gasteiger partial charge in [-0.3, -0.25) is 4.99 Å². The highest BCUT2D eigenvalue weighted by molar-refractivity contribution is 9.11. The van der Waals surface area contributed by atoms with E-state index in [2.05, 4.69) is 53.2 Å². The standard InChI is InChI=1S/C14H17BrN2/c1-17(2)10-4-6-14-12(8-10)11-7-9(15)3-5-13(11)16-14/h3,5,7,10,13H,4,6,8H2,1-2H3/t10-,13+/m0/s1. The molecule has 1 heterocycles. The van der Waals surface area contributed by atoms with Gasteiger partial charge in [-0.05, 0) is 56.7 Å². The topological polar surface area (TPSA) is 15.6 Å². The average Bonchev–Trinajstić information content (AvgIpc) is 2.66. The Morgan fingerprint density at radius 2 is 2.24 bits per heavy atom. The van der Waals surface area contributed by atoms with Crippen LogP contribution in [-0.2, 0) is 0 Å². The minimum Gasteiger partial charge on any atom is -0.306 e. The quantitative estimate of drug-likeness (QED) is 0.725. The van der Waals surface area contributed by atoms with E-state index in [-0.39, 0.29) is 0 Å². The summed E-state index contributed by atoms with van der Waals surface area (Å²) in [5.74, 6) is 0. The summed E-state index contributed by atoms with van der Waals surface area (Å²) in [6.07, 6.45) is 10.1. The smallest absolute Gasteiger partial charge is 0.0940 e. The van der Waals surface area contributed by atoms with Crippen LogP contribution in [0.2, 0.25) is 0 Å². The molecule has 17 heavy (non-hydrogen) atoms. The number of hydrogen-bond donors (Lipinski definition) is 0. The van der Waals surface area contributed by atoms with E-state index in [1.165, 1.54) is 27.8 Å². The molecule has 1 fully saturated rings. The number of allylic oxidation sites excluding steroid dienone is 2. The summed E-state index contributed by atoms with van der Waals surface area (Å²) in [6, 6.07) is 0.968. The summed E-state index contributed by atoms with van der Waals surface area (Å²) < 4.78 is 1.17. The van der Waals surface area contributed by atoms with Gasteiger partial charge in [0.2, 0.25) is 0 Å². The van der Waals surface area contributed by atoms with E-state index in [9.17, 15) is 0 Å². The maximum Gasteiger partial charge on any atom is 0.0940 e. The predicted molar refractivity (Wildman–Crippen MR) is 75.7 cm³/mol. The number of rotatable bonds is 1. The van der Waals surface area contributed by atoms with Crippen molar-refractivity contribution in [1.29, 1.82) is 0 Å². The number of halogens is 1. The average molecular weight is 293 g/mol. The van der Waals surface area contributed by atoms with E-state index in [1.807, 2.05) is 0 Å². The van der Waals surface area contributed by atoms with Crippen LogP contribution in [0.3, 0.4) is 0 Å². The Kier molecular flexibility index (Phi) is 2.83. The van der Waals surface area contributed by atoms with Crippen molar-refractivity contribution in [1.82, 2.24) is 4.90 Å². The lowest BCUT2D eigenvalue weighted by molar-refractivity contribution is 0.275. The molecule has 0 aromatic carbocycles. The molecule has 90 valence electrons. The Morgan fingerprint density at radius 1 is 1.41 bits per heavy atom. The van der Waals surface area contributed by atoms with Crippen LogP contribution in [0.15, 0.2) is 38.8 Å². The second kappa shape index (κ2) is 4.21. The van der Waals surface area contributed by atoms with Crippen molar-refractivity contribution in [3.8, 4) is 0 Å². The zero-order chi connectivity index (χ0) is 12.0. The molecule has 2 aliphatic carbocycles. The number of aliphatic imine (C=N–C) groups is 1. The van der Waals surface area contributed by atoms with Crippen LogP contribution in [0.5, 0.6) is 0 Å². The molecular weight excluding hydrogens is 276 g/mol. The molecule has 0 aromatic rings. The van der Waals surface area contributed by atoms with Crippen LogP contribution in [0.25, 0.3) is 0 Å². The molecule has 1 aliphatic heterocycles. The maximum absolute atomic E-state index is 4.83. The lowest BCUT2D eigenvalue weighted by Gasteiger charge is -2.30. The van der Waals surface area contributed by atoms with E-state index in [1.54, 1.807) is 0 Å². The van der Waals surface area contributed by atoms with Crippen LogP contribution in [0.1, 0.15) is 19.3 Å². The molecule has 0 spiro atoms. The van der Waals surface area contributed by atoms with Crippen molar-refractivity contribution in [3.05, 3.63) is 33.9 Å². The molecule has 0 radical (unpaired) electrons. The first-order valence-corrected chi connectivity index (χ1v) is 6.96. The van der Waals surface area contributed by atoms with Crippen molar-refractivity contribution >= 4 is 21.6 Å². The van der Waals surface area contributed by atoms with Gasteiger partial charge in [0.05, 0.1) is 6.04 Å². The first kappa shape index (κ1) is 11.4. The van der Waals surface area contributed by atoms with E-state index in [0.29, 0.717) is 12.1 Å². The first-order chi connectivity index (χ1) is 8.15. The molecule has 0 unspecified atom stereocenters. The second-order valence-electron chi connectivity index (χ2n) is 5.20. The number of hydrogen-bond acceptors (Lipinski definition) is 2. The van der Waals surface area contributed by atoms with Gasteiger partial charge in [-0.1, -0.05) is 22.0 Å². The van der Waals surface area contributed by atoms with Gasteiger partial charge in [0.25, 0.3) is 0 Å². The first-order valence-electron chi connectivity index (χ1n) is 6.17. The summed E-state index contributed by atoms with van der Waals surface area (Å²) in [5, 5.41) is 0. The highest BCUT2D eigenvalue weighted by Gasteiger charge is 2.32. The zero-order valence-corrected chi connectivity index (χ0v) is 11.9. The lowest BCUT2D eigenvalue weighted by atomic mass is 9.85. The Bertz CT molecular complexity index is 469. The predicted octanol–water partition coefficient (Wildman–Crippen LogP) is 3.07. The zero-order valence-electron chi connectivity index (χ0n) is 10.3. The summed E-state index contributed by atoms with van der Waals surface area (Å²) in [4.78, 5) is 7.17. The molecule has 0 N–H and O–H groups in total. The molecule has 3 rings (SSSR count). The normalized spacial score (nSPS) is 31.3. The highest BCUT2D eigenvalue weighted by Crippen LogP contribution is 2.37. The van der Waals surface area contributed by atoms with Gasteiger partial charge in [-0.2, -0.15) is 0 Å². The Labute approximate surface area is 111 Å². The molecule has 3 heteroatoms. The van der Waals surface area contributed by atoms with E-state index < -0.39 is 0 Å². The van der Waals surface area contributed by atoms with Gasteiger partial charge in [-0.15, -0.1) is 0 Å². The number of nitrogens with zero attached hydrogens (tertiary/aromatic N) is 2. The third kappa shape index (κ3) is 1.95. The fourth-order valence-electron chi connectivity index (χ4n) is 2.89. The minimum atomic E-state index is 0.294. The fraction of sp³-hybridized carbons (Fsp3) is 0.500. The van der Waals surface area contributed by atoms with Crippen molar-refractivity contribution in [2.45, 2.75) is 31.3 Å². The Hall–Kier alpha value is -0.670. The molecular formula is C14H17BrN2.